The molecule has 0 radical (unpaired) electrons. The van der Waals surface area contributed by atoms with Gasteiger partial charge in [0.1, 0.15) is 5.60 Å². The summed E-state index contributed by atoms with van der Waals surface area (Å²) in [5.41, 5.74) is 2.39. The molecule has 0 bridgehead atoms. The van der Waals surface area contributed by atoms with E-state index in [1.54, 1.807) is 0 Å². The summed E-state index contributed by atoms with van der Waals surface area (Å²) in [6, 6.07) is 8.36. The van der Waals surface area contributed by atoms with Crippen LogP contribution in [0.4, 0.5) is 0 Å². The van der Waals surface area contributed by atoms with E-state index in [-0.39, 0.29) is 17.5 Å². The quantitative estimate of drug-likeness (QED) is 0.638. The van der Waals surface area contributed by atoms with Gasteiger partial charge in [-0.15, -0.1) is 0 Å². The first-order chi connectivity index (χ1) is 10.2. The molecule has 0 amide bonds. The molecule has 0 aliphatic heterocycles. The largest absolute Gasteiger partial charge is 0.460 e. The second kappa shape index (κ2) is 10.4. The lowest BCUT2D eigenvalue weighted by atomic mass is 9.99. The van der Waals surface area contributed by atoms with E-state index in [1.807, 2.05) is 27.7 Å². The van der Waals surface area contributed by atoms with Gasteiger partial charge in [-0.1, -0.05) is 51.0 Å². The molecule has 1 unspecified atom stereocenters. The standard InChI is InChI=1S/C12H24O2.C8H10/c1-6-8-9-10(7-2)11(13)14-12(3,4)5;1-7-5-3-4-6-8(7)2/h10H,6-9H2,1-5H3;3-6H,1-2H3. The van der Waals surface area contributed by atoms with Gasteiger partial charge in [-0.25, -0.2) is 0 Å². The fraction of sp³-hybridized carbons (Fsp3) is 0.650. The third-order valence-electron chi connectivity index (χ3n) is 3.56. The molecule has 1 aromatic rings. The first-order valence-electron chi connectivity index (χ1n) is 8.46. The number of aryl methyl sites for hydroxylation is 2. The molecule has 1 aromatic carbocycles. The topological polar surface area (TPSA) is 26.3 Å². The summed E-state index contributed by atoms with van der Waals surface area (Å²) < 4.78 is 5.35. The van der Waals surface area contributed by atoms with Crippen molar-refractivity contribution in [2.75, 3.05) is 0 Å². The first kappa shape index (κ1) is 20.7. The third kappa shape index (κ3) is 9.59. The lowest BCUT2D eigenvalue weighted by molar-refractivity contribution is -0.160. The van der Waals surface area contributed by atoms with Crippen molar-refractivity contribution in [1.29, 1.82) is 0 Å². The van der Waals surface area contributed by atoms with Crippen LogP contribution in [0.2, 0.25) is 0 Å². The molecule has 0 saturated carbocycles. The minimum Gasteiger partial charge on any atom is -0.460 e. The molecule has 0 aromatic heterocycles. The van der Waals surface area contributed by atoms with Crippen LogP contribution in [-0.2, 0) is 9.53 Å². The minimum absolute atomic E-state index is 0.0338. The van der Waals surface area contributed by atoms with Crippen LogP contribution in [0.1, 0.15) is 71.4 Å². The van der Waals surface area contributed by atoms with Crippen molar-refractivity contribution in [3.8, 4) is 0 Å². The molecule has 0 spiro atoms. The van der Waals surface area contributed by atoms with E-state index in [0.29, 0.717) is 0 Å². The average molecular weight is 306 g/mol. The molecule has 1 rings (SSSR count). The summed E-state index contributed by atoms with van der Waals surface area (Å²) in [6.45, 7) is 14.2. The Bertz CT molecular complexity index is 409. The Labute approximate surface area is 137 Å². The van der Waals surface area contributed by atoms with Crippen molar-refractivity contribution in [3.05, 3.63) is 35.4 Å². The molecule has 0 fully saturated rings. The molecule has 0 aliphatic carbocycles. The smallest absolute Gasteiger partial charge is 0.309 e. The van der Waals surface area contributed by atoms with E-state index in [2.05, 4.69) is 45.0 Å². The second-order valence-electron chi connectivity index (χ2n) is 6.87. The molecule has 22 heavy (non-hydrogen) atoms. The Hall–Kier alpha value is -1.31. The zero-order chi connectivity index (χ0) is 17.2. The predicted octanol–water partition coefficient (Wildman–Crippen LogP) is 5.85. The van der Waals surface area contributed by atoms with Gasteiger partial charge in [-0.2, -0.15) is 0 Å². The van der Waals surface area contributed by atoms with Crippen molar-refractivity contribution in [3.63, 3.8) is 0 Å². The molecule has 2 nitrogen and oxygen atoms in total. The van der Waals surface area contributed by atoms with E-state index < -0.39 is 0 Å². The van der Waals surface area contributed by atoms with Crippen LogP contribution in [0.3, 0.4) is 0 Å². The monoisotopic (exact) mass is 306 g/mol. The molecule has 0 saturated heterocycles. The van der Waals surface area contributed by atoms with Gasteiger partial charge in [0.05, 0.1) is 5.92 Å². The summed E-state index contributed by atoms with van der Waals surface area (Å²) >= 11 is 0. The molecule has 0 heterocycles. The zero-order valence-corrected chi connectivity index (χ0v) is 15.5. The van der Waals surface area contributed by atoms with Gasteiger partial charge in [0.25, 0.3) is 0 Å². The molecule has 2 heteroatoms. The predicted molar refractivity (Wildman–Crippen MR) is 95.1 cm³/mol. The molecule has 0 N–H and O–H groups in total. The number of hydrogen-bond donors (Lipinski definition) is 0. The van der Waals surface area contributed by atoms with Crippen molar-refractivity contribution < 1.29 is 9.53 Å². The SMILES string of the molecule is CCCCC(CC)C(=O)OC(C)(C)C.Cc1ccccc1C. The summed E-state index contributed by atoms with van der Waals surface area (Å²) in [4.78, 5) is 11.7. The highest BCUT2D eigenvalue weighted by Gasteiger charge is 2.22. The first-order valence-corrected chi connectivity index (χ1v) is 8.46. The summed E-state index contributed by atoms with van der Waals surface area (Å²) in [5.74, 6) is 0.0580. The number of carbonyl (C=O) groups excluding carboxylic acids is 1. The summed E-state index contributed by atoms with van der Waals surface area (Å²) in [6.07, 6.45) is 4.09. The Morgan fingerprint density at radius 2 is 1.59 bits per heavy atom. The van der Waals surface area contributed by atoms with Crippen molar-refractivity contribution in [2.24, 2.45) is 5.92 Å². The van der Waals surface area contributed by atoms with Gasteiger partial charge in [0, 0.05) is 0 Å². The minimum atomic E-state index is -0.350. The van der Waals surface area contributed by atoms with Gasteiger partial charge in [0.2, 0.25) is 0 Å². The van der Waals surface area contributed by atoms with Gasteiger partial charge < -0.3 is 4.74 Å². The Morgan fingerprint density at radius 3 is 1.91 bits per heavy atom. The maximum absolute atomic E-state index is 11.7. The van der Waals surface area contributed by atoms with Crippen LogP contribution in [0, 0.1) is 19.8 Å². The highest BCUT2D eigenvalue weighted by molar-refractivity contribution is 5.72. The van der Waals surface area contributed by atoms with Gasteiger partial charge in [0.15, 0.2) is 0 Å². The fourth-order valence-corrected chi connectivity index (χ4v) is 1.99. The molecule has 1 atom stereocenters. The number of hydrogen-bond acceptors (Lipinski definition) is 2. The molecular weight excluding hydrogens is 272 g/mol. The van der Waals surface area contributed by atoms with Crippen LogP contribution in [0.15, 0.2) is 24.3 Å². The Morgan fingerprint density at radius 1 is 1.09 bits per heavy atom. The Balaban J connectivity index is 0.000000461. The van der Waals surface area contributed by atoms with Crippen LogP contribution in [0.5, 0.6) is 0 Å². The van der Waals surface area contributed by atoms with Crippen molar-refractivity contribution >= 4 is 5.97 Å². The van der Waals surface area contributed by atoms with Crippen LogP contribution in [-0.4, -0.2) is 11.6 Å². The number of ether oxygens (including phenoxy) is 1. The number of rotatable bonds is 5. The lowest BCUT2D eigenvalue weighted by Crippen LogP contribution is -2.28. The average Bonchev–Trinajstić information content (AvgIpc) is 2.42. The number of esters is 1. The highest BCUT2D eigenvalue weighted by atomic mass is 16.6. The van der Waals surface area contributed by atoms with E-state index in [4.69, 9.17) is 4.74 Å². The van der Waals surface area contributed by atoms with E-state index in [0.717, 1.165) is 25.7 Å². The van der Waals surface area contributed by atoms with E-state index in [1.165, 1.54) is 11.1 Å². The van der Waals surface area contributed by atoms with Crippen molar-refractivity contribution in [2.45, 2.75) is 79.8 Å². The zero-order valence-electron chi connectivity index (χ0n) is 15.5. The highest BCUT2D eigenvalue weighted by Crippen LogP contribution is 2.18. The Kier molecular flexibility index (Phi) is 9.80. The van der Waals surface area contributed by atoms with Crippen LogP contribution in [0.25, 0.3) is 0 Å². The lowest BCUT2D eigenvalue weighted by Gasteiger charge is -2.23. The number of carbonyl (C=O) groups is 1. The molecule has 0 aliphatic rings. The van der Waals surface area contributed by atoms with E-state index >= 15 is 0 Å². The summed E-state index contributed by atoms with van der Waals surface area (Å²) in [7, 11) is 0. The third-order valence-corrected chi connectivity index (χ3v) is 3.56. The molecule has 126 valence electrons. The fourth-order valence-electron chi connectivity index (χ4n) is 1.99. The van der Waals surface area contributed by atoms with Gasteiger partial charge >= 0.3 is 5.97 Å². The van der Waals surface area contributed by atoms with Gasteiger partial charge in [-0.05, 0) is 58.6 Å². The second-order valence-corrected chi connectivity index (χ2v) is 6.87. The maximum atomic E-state index is 11.7. The number of unbranched alkanes of at least 4 members (excludes halogenated alkanes) is 1. The normalized spacial score (nSPS) is 12.1. The van der Waals surface area contributed by atoms with Crippen molar-refractivity contribution in [1.82, 2.24) is 0 Å². The van der Waals surface area contributed by atoms with Crippen LogP contribution >= 0.6 is 0 Å². The van der Waals surface area contributed by atoms with Gasteiger partial charge in [-0.3, -0.25) is 4.79 Å². The van der Waals surface area contributed by atoms with Crippen LogP contribution < -0.4 is 0 Å². The number of benzene rings is 1. The molecular formula is C20H34O2. The van der Waals surface area contributed by atoms with E-state index in [9.17, 15) is 4.79 Å². The summed E-state index contributed by atoms with van der Waals surface area (Å²) in [5, 5.41) is 0. The maximum Gasteiger partial charge on any atom is 0.309 e.